The van der Waals surface area contributed by atoms with Gasteiger partial charge in [-0.05, 0) is 30.7 Å². The molecule has 11 heteroatoms. The van der Waals surface area contributed by atoms with E-state index in [1.54, 1.807) is 18.2 Å². The van der Waals surface area contributed by atoms with Crippen molar-refractivity contribution in [3.05, 3.63) is 45.5 Å². The number of hydrogen-bond acceptors (Lipinski definition) is 9. The van der Waals surface area contributed by atoms with Gasteiger partial charge in [-0.3, -0.25) is 14.9 Å². The quantitative estimate of drug-likeness (QED) is 0.344. The maximum absolute atomic E-state index is 12.6. The predicted octanol–water partition coefficient (Wildman–Crippen LogP) is 2.79. The number of amides is 1. The lowest BCUT2D eigenvalue weighted by molar-refractivity contribution is -0.386. The monoisotopic (exact) mass is 433 g/mol. The van der Waals surface area contributed by atoms with Gasteiger partial charge in [0.15, 0.2) is 17.2 Å². The molecule has 0 aromatic heterocycles. The lowest BCUT2D eigenvalue weighted by Crippen LogP contribution is -2.20. The molecule has 1 N–H and O–H groups in total. The molecule has 31 heavy (non-hydrogen) atoms. The molecule has 2 rings (SSSR count). The fourth-order valence-corrected chi connectivity index (χ4v) is 2.76. The van der Waals surface area contributed by atoms with Crippen molar-refractivity contribution in [1.29, 1.82) is 0 Å². The lowest BCUT2D eigenvalue weighted by atomic mass is 10.1. The van der Waals surface area contributed by atoms with Crippen LogP contribution < -0.4 is 29.1 Å². The lowest BCUT2D eigenvalue weighted by Gasteiger charge is -2.14. The van der Waals surface area contributed by atoms with Crippen molar-refractivity contribution >= 4 is 17.8 Å². The van der Waals surface area contributed by atoms with E-state index in [1.807, 2.05) is 6.92 Å². The van der Waals surface area contributed by atoms with Crippen molar-refractivity contribution in [2.24, 2.45) is 5.10 Å². The number of hydrogen-bond donors (Lipinski definition) is 1. The normalized spacial score (nSPS) is 10.5. The highest BCUT2D eigenvalue weighted by molar-refractivity contribution is 6.01. The fraction of sp³-hybridized carbons (Fsp3) is 0.300. The van der Waals surface area contributed by atoms with Gasteiger partial charge in [-0.1, -0.05) is 0 Å². The van der Waals surface area contributed by atoms with Gasteiger partial charge < -0.3 is 23.7 Å². The summed E-state index contributed by atoms with van der Waals surface area (Å²) in [6.45, 7) is 2.33. The highest BCUT2D eigenvalue weighted by Crippen LogP contribution is 2.46. The number of nitrogens with one attached hydrogen (secondary N) is 1. The molecular weight excluding hydrogens is 410 g/mol. The molecule has 0 unspecified atom stereocenters. The van der Waals surface area contributed by atoms with Crippen molar-refractivity contribution in [3.63, 3.8) is 0 Å². The summed E-state index contributed by atoms with van der Waals surface area (Å²) >= 11 is 0. The average Bonchev–Trinajstić information content (AvgIpc) is 2.78. The average molecular weight is 433 g/mol. The van der Waals surface area contributed by atoms with Crippen molar-refractivity contribution in [3.8, 4) is 28.7 Å². The second-order valence-corrected chi connectivity index (χ2v) is 5.84. The minimum Gasteiger partial charge on any atom is -0.493 e. The third kappa shape index (κ3) is 5.13. The van der Waals surface area contributed by atoms with Crippen molar-refractivity contribution < 1.29 is 33.4 Å². The first-order chi connectivity index (χ1) is 14.9. The fourth-order valence-electron chi connectivity index (χ4n) is 2.76. The molecule has 0 spiro atoms. The second kappa shape index (κ2) is 10.7. The standard InChI is InChI=1S/C20H23N3O8/c1-6-31-14-8-7-12(9-15(14)27-2)11-21-22-20(24)13-10-16(28-3)18(29-4)19(30-5)17(13)23(25)26/h7-11H,6H2,1-5H3,(H,22,24)/b21-11+. The number of rotatable bonds is 10. The van der Waals surface area contributed by atoms with E-state index in [0.29, 0.717) is 23.7 Å². The third-order valence-corrected chi connectivity index (χ3v) is 4.10. The van der Waals surface area contributed by atoms with E-state index in [-0.39, 0.29) is 22.8 Å². The van der Waals surface area contributed by atoms with Gasteiger partial charge in [0.2, 0.25) is 11.5 Å². The highest BCUT2D eigenvalue weighted by atomic mass is 16.6. The summed E-state index contributed by atoms with van der Waals surface area (Å²) in [4.78, 5) is 23.5. The van der Waals surface area contributed by atoms with Crippen LogP contribution in [-0.4, -0.2) is 52.1 Å². The molecule has 11 nitrogen and oxygen atoms in total. The molecular formula is C20H23N3O8. The largest absolute Gasteiger partial charge is 0.493 e. The van der Waals surface area contributed by atoms with E-state index in [9.17, 15) is 14.9 Å². The Kier molecular flexibility index (Phi) is 8.01. The topological polar surface area (TPSA) is 131 Å². The molecule has 0 bridgehead atoms. The first-order valence-electron chi connectivity index (χ1n) is 9.03. The van der Waals surface area contributed by atoms with E-state index < -0.39 is 16.5 Å². The summed E-state index contributed by atoms with van der Waals surface area (Å²) in [6.07, 6.45) is 1.36. The highest BCUT2D eigenvalue weighted by Gasteiger charge is 2.32. The van der Waals surface area contributed by atoms with Crippen molar-refractivity contribution in [2.75, 3.05) is 35.0 Å². The second-order valence-electron chi connectivity index (χ2n) is 5.84. The van der Waals surface area contributed by atoms with E-state index in [4.69, 9.17) is 23.7 Å². The van der Waals surface area contributed by atoms with Gasteiger partial charge in [0.05, 0.1) is 46.2 Å². The number of benzene rings is 2. The molecule has 0 saturated heterocycles. The Morgan fingerprint density at radius 1 is 1.03 bits per heavy atom. The Hall–Kier alpha value is -4.02. The summed E-state index contributed by atoms with van der Waals surface area (Å²) in [5, 5.41) is 15.5. The SMILES string of the molecule is CCOc1ccc(/C=N/NC(=O)c2cc(OC)c(OC)c(OC)c2[N+](=O)[O-])cc1OC. The summed E-state index contributed by atoms with van der Waals surface area (Å²) in [5.41, 5.74) is 2.00. The smallest absolute Gasteiger partial charge is 0.327 e. The van der Waals surface area contributed by atoms with Gasteiger partial charge in [0, 0.05) is 6.07 Å². The molecule has 0 atom stereocenters. The number of methoxy groups -OCH3 is 4. The molecule has 0 saturated carbocycles. The van der Waals surface area contributed by atoms with Crippen LogP contribution in [-0.2, 0) is 0 Å². The Labute approximate surface area is 178 Å². The number of nitro benzene ring substituents is 1. The van der Waals surface area contributed by atoms with Crippen LogP contribution in [0.15, 0.2) is 29.4 Å². The van der Waals surface area contributed by atoms with E-state index >= 15 is 0 Å². The van der Waals surface area contributed by atoms with Crippen LogP contribution in [0.1, 0.15) is 22.8 Å². The van der Waals surface area contributed by atoms with Crippen LogP contribution in [0, 0.1) is 10.1 Å². The molecule has 0 aliphatic heterocycles. The van der Waals surface area contributed by atoms with Gasteiger partial charge in [0.1, 0.15) is 5.56 Å². The summed E-state index contributed by atoms with van der Waals surface area (Å²) in [7, 11) is 5.37. The minimum absolute atomic E-state index is 0.00163. The number of carbonyl (C=O) groups excluding carboxylic acids is 1. The molecule has 0 aliphatic rings. The molecule has 166 valence electrons. The first-order valence-corrected chi connectivity index (χ1v) is 9.03. The maximum atomic E-state index is 12.6. The molecule has 0 aliphatic carbocycles. The van der Waals surface area contributed by atoms with Crippen molar-refractivity contribution in [1.82, 2.24) is 5.43 Å². The summed E-state index contributed by atoms with van der Waals surface area (Å²) in [5.74, 6) is 0.0857. The molecule has 1 amide bonds. The summed E-state index contributed by atoms with van der Waals surface area (Å²) < 4.78 is 26.1. The predicted molar refractivity (Wildman–Crippen MR) is 112 cm³/mol. The molecule has 0 heterocycles. The zero-order chi connectivity index (χ0) is 23.0. The Morgan fingerprint density at radius 2 is 1.71 bits per heavy atom. The third-order valence-electron chi connectivity index (χ3n) is 4.10. The van der Waals surface area contributed by atoms with E-state index in [2.05, 4.69) is 10.5 Å². The van der Waals surface area contributed by atoms with Crippen LogP contribution in [0.25, 0.3) is 0 Å². The number of ether oxygens (including phenoxy) is 5. The Morgan fingerprint density at radius 3 is 2.26 bits per heavy atom. The number of carbonyl (C=O) groups is 1. The van der Waals surface area contributed by atoms with E-state index in [0.717, 1.165) is 0 Å². The number of nitrogens with zero attached hydrogens (tertiary/aromatic N) is 2. The minimum atomic E-state index is -0.833. The Balaban J connectivity index is 2.34. The van der Waals surface area contributed by atoms with Crippen LogP contribution in [0.4, 0.5) is 5.69 Å². The number of nitro groups is 1. The zero-order valence-corrected chi connectivity index (χ0v) is 17.8. The van der Waals surface area contributed by atoms with Gasteiger partial charge in [-0.15, -0.1) is 0 Å². The molecule has 0 fully saturated rings. The Bertz CT molecular complexity index is 991. The maximum Gasteiger partial charge on any atom is 0.327 e. The van der Waals surface area contributed by atoms with E-state index in [1.165, 1.54) is 40.7 Å². The van der Waals surface area contributed by atoms with Gasteiger partial charge in [-0.25, -0.2) is 5.43 Å². The van der Waals surface area contributed by atoms with Crippen LogP contribution in [0.5, 0.6) is 28.7 Å². The van der Waals surface area contributed by atoms with Gasteiger partial charge >= 0.3 is 5.69 Å². The zero-order valence-electron chi connectivity index (χ0n) is 17.8. The molecule has 2 aromatic rings. The summed E-state index contributed by atoms with van der Waals surface area (Å²) in [6, 6.07) is 6.27. The van der Waals surface area contributed by atoms with Crippen LogP contribution in [0.3, 0.4) is 0 Å². The molecule has 0 radical (unpaired) electrons. The van der Waals surface area contributed by atoms with Gasteiger partial charge in [0.25, 0.3) is 5.91 Å². The van der Waals surface area contributed by atoms with Crippen LogP contribution >= 0.6 is 0 Å². The number of hydrazone groups is 1. The van der Waals surface area contributed by atoms with Crippen LogP contribution in [0.2, 0.25) is 0 Å². The van der Waals surface area contributed by atoms with Gasteiger partial charge in [-0.2, -0.15) is 5.10 Å². The first kappa shape index (κ1) is 23.3. The molecule has 2 aromatic carbocycles. The van der Waals surface area contributed by atoms with Crippen molar-refractivity contribution in [2.45, 2.75) is 6.92 Å².